The molecule has 3 aromatic heterocycles. The van der Waals surface area contributed by atoms with E-state index in [1.54, 1.807) is 0 Å². The normalized spacial score (nSPS) is 12.1. The van der Waals surface area contributed by atoms with Crippen molar-refractivity contribution in [2.24, 2.45) is 0 Å². The minimum absolute atomic E-state index is 0.817. The fourth-order valence-electron chi connectivity index (χ4n) is 12.0. The molecule has 0 saturated heterocycles. The lowest BCUT2D eigenvalue weighted by molar-refractivity contribution is 0.670. The van der Waals surface area contributed by atoms with Gasteiger partial charge in [-0.2, -0.15) is 0 Å². The summed E-state index contributed by atoms with van der Waals surface area (Å²) < 4.78 is 21.7. The van der Waals surface area contributed by atoms with E-state index < -0.39 is 8.07 Å². The lowest BCUT2D eigenvalue weighted by atomic mass is 9.99. The van der Waals surface area contributed by atoms with E-state index in [1.807, 2.05) is 0 Å². The Morgan fingerprint density at radius 3 is 1.06 bits per heavy atom. The summed E-state index contributed by atoms with van der Waals surface area (Å²) in [7, 11) is -1.65. The van der Waals surface area contributed by atoms with Gasteiger partial charge in [-0.15, -0.1) is 0 Å². The Bertz CT molecular complexity index is 4840. The van der Waals surface area contributed by atoms with Crippen LogP contribution in [0.3, 0.4) is 0 Å². The summed E-state index contributed by atoms with van der Waals surface area (Å²) in [5.41, 5.74) is 16.6. The number of fused-ring (bicyclic) bond motifs is 13. The minimum Gasteiger partial charge on any atom is -0.455 e. The Morgan fingerprint density at radius 1 is 0.282 bits per heavy atom. The van der Waals surface area contributed by atoms with Gasteiger partial charge >= 0.3 is 0 Å². The molecule has 12 aromatic carbocycles. The molecule has 0 atom stereocenters. The van der Waals surface area contributed by atoms with Gasteiger partial charge in [-0.05, 0) is 66.6 Å². The molecule has 0 aliphatic heterocycles. The van der Waals surface area contributed by atoms with Gasteiger partial charge in [0.25, 0.3) is 0 Å². The Labute approximate surface area is 452 Å². The van der Waals surface area contributed by atoms with Crippen LogP contribution in [-0.2, 0) is 0 Å². The Kier molecular flexibility index (Phi) is 10.4. The first-order valence-corrected chi connectivity index (χ1v) is 30.3. The lowest BCUT2D eigenvalue weighted by Gasteiger charge is -2.28. The van der Waals surface area contributed by atoms with Crippen LogP contribution in [0.1, 0.15) is 5.56 Å². The maximum absolute atomic E-state index is 7.30. The van der Waals surface area contributed by atoms with Crippen molar-refractivity contribution in [3.63, 3.8) is 0 Å². The molecule has 0 aliphatic carbocycles. The number of hydrogen-bond donors (Lipinski definition) is 0. The lowest BCUT2D eigenvalue weighted by Crippen LogP contribution is -2.37. The first kappa shape index (κ1) is 45.7. The second kappa shape index (κ2) is 17.7. The van der Waals surface area contributed by atoms with Crippen LogP contribution in [0.25, 0.3) is 110 Å². The maximum Gasteiger partial charge on any atom is 0.159 e. The molecule has 0 unspecified atom stereocenters. The van der Waals surface area contributed by atoms with Crippen molar-refractivity contribution in [3.05, 3.63) is 248 Å². The third kappa shape index (κ3) is 7.21. The van der Waals surface area contributed by atoms with Gasteiger partial charge in [0.05, 0.1) is 30.8 Å². The van der Waals surface area contributed by atoms with E-state index in [0.29, 0.717) is 0 Å². The van der Waals surface area contributed by atoms with Crippen molar-refractivity contribution in [1.82, 2.24) is 0 Å². The molecule has 0 spiro atoms. The molecule has 0 fully saturated rings. The predicted octanol–water partition coefficient (Wildman–Crippen LogP) is 20.8. The Morgan fingerprint density at radius 2 is 0.628 bits per heavy atom. The highest BCUT2D eigenvalue weighted by atomic mass is 28.3. The third-order valence-corrected chi connectivity index (χ3v) is 17.9. The molecule has 0 N–H and O–H groups in total. The van der Waals surface area contributed by atoms with Crippen LogP contribution >= 0.6 is 0 Å². The zero-order chi connectivity index (χ0) is 52.2. The van der Waals surface area contributed by atoms with Crippen molar-refractivity contribution in [2.75, 3.05) is 9.80 Å². The number of rotatable bonds is 9. The molecule has 15 rings (SSSR count). The summed E-state index contributed by atoms with van der Waals surface area (Å²) in [6.45, 7) is 9.35. The fraction of sp³-hybridized carbons (Fsp3) is 0.0556. The van der Waals surface area contributed by atoms with Crippen molar-refractivity contribution in [2.45, 2.75) is 26.6 Å². The van der Waals surface area contributed by atoms with Gasteiger partial charge in [-0.25, -0.2) is 0 Å². The van der Waals surface area contributed by atoms with Gasteiger partial charge in [0.1, 0.15) is 22.3 Å². The van der Waals surface area contributed by atoms with Gasteiger partial charge in [0.2, 0.25) is 0 Å². The standard InChI is InChI=1S/C72H52N2O3Si/c1-45-35-37-48(38-36-45)73(63-33-17-31-59-57-29-15-27-51(67(57)76-71(59)63)46-19-7-5-8-20-46)65-43-61-62-44-66(54-24-12-14-26-56(54)70(62)75-69(61)55-25-13-11-23-53(55)65)74(49-39-41-50(42-40-49)78(2,3)4)64-34-18-32-60-58-30-16-28-52(68(58)77-72(60)64)47-21-9-6-10-22-47/h5-44H,1-4H3. The summed E-state index contributed by atoms with van der Waals surface area (Å²) in [6.07, 6.45) is 0. The van der Waals surface area contributed by atoms with Crippen LogP contribution in [0.2, 0.25) is 19.6 Å². The smallest absolute Gasteiger partial charge is 0.159 e. The van der Waals surface area contributed by atoms with Crippen molar-refractivity contribution < 1.29 is 13.3 Å². The molecule has 372 valence electrons. The quantitative estimate of drug-likeness (QED) is 0.135. The van der Waals surface area contributed by atoms with Crippen LogP contribution in [0, 0.1) is 6.92 Å². The van der Waals surface area contributed by atoms with Gasteiger partial charge in [0, 0.05) is 76.4 Å². The molecule has 78 heavy (non-hydrogen) atoms. The number of aryl methyl sites for hydroxylation is 1. The zero-order valence-electron chi connectivity index (χ0n) is 43.7. The van der Waals surface area contributed by atoms with Crippen LogP contribution in [0.5, 0.6) is 0 Å². The molecule has 0 saturated carbocycles. The largest absolute Gasteiger partial charge is 0.455 e. The molecule has 6 heteroatoms. The van der Waals surface area contributed by atoms with Gasteiger partial charge in [0.15, 0.2) is 11.2 Å². The van der Waals surface area contributed by atoms with Gasteiger partial charge in [-0.3, -0.25) is 0 Å². The van der Waals surface area contributed by atoms with E-state index in [4.69, 9.17) is 13.3 Å². The van der Waals surface area contributed by atoms with E-state index in [1.165, 1.54) is 10.8 Å². The monoisotopic (exact) mass is 1020 g/mol. The Hall–Kier alpha value is -9.62. The molecule has 0 amide bonds. The first-order valence-electron chi connectivity index (χ1n) is 26.8. The van der Waals surface area contributed by atoms with Crippen molar-refractivity contribution >= 4 is 135 Å². The number of benzene rings is 12. The summed E-state index contributed by atoms with van der Waals surface area (Å²) in [6, 6.07) is 87.2. The molecule has 0 radical (unpaired) electrons. The van der Waals surface area contributed by atoms with E-state index in [9.17, 15) is 0 Å². The van der Waals surface area contributed by atoms with E-state index in [2.05, 4.69) is 279 Å². The maximum atomic E-state index is 7.30. The second-order valence-corrected chi connectivity index (χ2v) is 26.7. The summed E-state index contributed by atoms with van der Waals surface area (Å²) >= 11 is 0. The van der Waals surface area contributed by atoms with Gasteiger partial charge < -0.3 is 23.1 Å². The molecule has 15 aromatic rings. The third-order valence-electron chi connectivity index (χ3n) is 15.9. The van der Waals surface area contributed by atoms with E-state index in [-0.39, 0.29) is 0 Å². The minimum atomic E-state index is -1.65. The molecule has 5 nitrogen and oxygen atoms in total. The highest BCUT2D eigenvalue weighted by Gasteiger charge is 2.28. The number of furan rings is 3. The van der Waals surface area contributed by atoms with E-state index in [0.717, 1.165) is 144 Å². The highest BCUT2D eigenvalue weighted by Crippen LogP contribution is 2.52. The van der Waals surface area contributed by atoms with Crippen LogP contribution < -0.4 is 15.0 Å². The SMILES string of the molecule is Cc1ccc(N(c2cc3c4cc(N(c5ccc([Si](C)(C)C)cc5)c5cccc6c5oc5c(-c7ccccc7)cccc56)c5ccccc5c4oc3c3ccccc23)c2cccc3c2oc2c(-c4ccccc4)cccc23)cc1. The molecular formula is C72H52N2O3Si. The molecular weight excluding hydrogens is 969 g/mol. The van der Waals surface area contributed by atoms with Crippen LogP contribution in [0.4, 0.5) is 34.1 Å². The molecule has 0 aliphatic rings. The van der Waals surface area contributed by atoms with Crippen LogP contribution in [-0.4, -0.2) is 8.07 Å². The number of nitrogens with zero attached hydrogens (tertiary/aromatic N) is 2. The number of para-hydroxylation sites is 4. The van der Waals surface area contributed by atoms with Crippen molar-refractivity contribution in [3.8, 4) is 22.3 Å². The number of anilines is 6. The average Bonchev–Trinajstić information content (AvgIpc) is 4.26. The molecule has 0 bridgehead atoms. The highest BCUT2D eigenvalue weighted by molar-refractivity contribution is 6.88. The predicted molar refractivity (Wildman–Crippen MR) is 331 cm³/mol. The molecule has 3 heterocycles. The van der Waals surface area contributed by atoms with Crippen LogP contribution in [0.15, 0.2) is 256 Å². The Balaban J connectivity index is 1.01. The average molecular weight is 1020 g/mol. The van der Waals surface area contributed by atoms with E-state index >= 15 is 0 Å². The number of hydrogen-bond acceptors (Lipinski definition) is 5. The fourth-order valence-corrected chi connectivity index (χ4v) is 13.2. The summed E-state index contributed by atoms with van der Waals surface area (Å²) in [4.78, 5) is 4.79. The summed E-state index contributed by atoms with van der Waals surface area (Å²) in [5.74, 6) is 0. The van der Waals surface area contributed by atoms with Gasteiger partial charge in [-0.1, -0.05) is 225 Å². The zero-order valence-corrected chi connectivity index (χ0v) is 44.7. The second-order valence-electron chi connectivity index (χ2n) is 21.6. The summed E-state index contributed by atoms with van der Waals surface area (Å²) in [5, 5.41) is 11.9. The first-order chi connectivity index (χ1) is 38.2. The topological polar surface area (TPSA) is 45.9 Å². The van der Waals surface area contributed by atoms with Crippen molar-refractivity contribution in [1.29, 1.82) is 0 Å².